The predicted molar refractivity (Wildman–Crippen MR) is 190 cm³/mol. The summed E-state index contributed by atoms with van der Waals surface area (Å²) in [5.74, 6) is -0.765. The minimum Gasteiger partial charge on any atom is -0.481 e. The first-order chi connectivity index (χ1) is 23.9. The van der Waals surface area contributed by atoms with Gasteiger partial charge in [-0.3, -0.25) is 14.5 Å². The molecule has 1 aliphatic rings. The first-order valence-electron chi connectivity index (χ1n) is 17.3. The number of carboxylic acids is 1. The molecule has 1 saturated heterocycles. The van der Waals surface area contributed by atoms with Crippen LogP contribution in [0, 0.1) is 0 Å². The number of rotatable bonds is 17. The zero-order valence-electron chi connectivity index (χ0n) is 28.3. The van der Waals surface area contributed by atoms with Crippen molar-refractivity contribution in [2.24, 2.45) is 0 Å². The van der Waals surface area contributed by atoms with E-state index >= 15 is 0 Å². The molecular weight excluding hydrogens is 616 g/mol. The fourth-order valence-electron chi connectivity index (χ4n) is 6.24. The summed E-state index contributed by atoms with van der Waals surface area (Å²) in [6.45, 7) is 2.05. The summed E-state index contributed by atoms with van der Waals surface area (Å²) >= 11 is 0. The fourth-order valence-corrected chi connectivity index (χ4v) is 6.24. The molecule has 0 spiro atoms. The number of carboxylic acid groups (broad SMARTS) is 1. The van der Waals surface area contributed by atoms with Crippen molar-refractivity contribution in [3.63, 3.8) is 0 Å². The Kier molecular flexibility index (Phi) is 13.5. The van der Waals surface area contributed by atoms with Gasteiger partial charge in [0.15, 0.2) is 6.29 Å². The Labute approximate surface area is 289 Å². The summed E-state index contributed by atoms with van der Waals surface area (Å²) in [6, 6.07) is 34.9. The third kappa shape index (κ3) is 11.4. The lowest BCUT2D eigenvalue weighted by atomic mass is 9.99. The molecule has 4 aromatic rings. The van der Waals surface area contributed by atoms with Crippen LogP contribution in [0.25, 0.3) is 11.1 Å². The van der Waals surface area contributed by atoms with E-state index in [1.54, 1.807) is 0 Å². The van der Waals surface area contributed by atoms with Crippen molar-refractivity contribution in [3.8, 4) is 11.1 Å². The van der Waals surface area contributed by atoms with Crippen LogP contribution < -0.4 is 5.32 Å². The second-order valence-electron chi connectivity index (χ2n) is 12.9. The lowest BCUT2D eigenvalue weighted by molar-refractivity contribution is -0.252. The maximum atomic E-state index is 12.4. The van der Waals surface area contributed by atoms with Crippen LogP contribution in [0.15, 0.2) is 103 Å². The van der Waals surface area contributed by atoms with Gasteiger partial charge in [-0.1, -0.05) is 110 Å². The van der Waals surface area contributed by atoms with Crippen molar-refractivity contribution in [2.45, 2.75) is 83.1 Å². The molecule has 258 valence electrons. The lowest BCUT2D eigenvalue weighted by Gasteiger charge is -2.38. The van der Waals surface area contributed by atoms with Gasteiger partial charge in [-0.05, 0) is 59.3 Å². The topological polar surface area (TPSA) is 108 Å². The maximum Gasteiger partial charge on any atom is 0.303 e. The van der Waals surface area contributed by atoms with E-state index in [2.05, 4.69) is 77.9 Å². The Balaban J connectivity index is 1.20. The quantitative estimate of drug-likeness (QED) is 0.100. The van der Waals surface area contributed by atoms with Crippen molar-refractivity contribution in [3.05, 3.63) is 131 Å². The number of nitrogens with one attached hydrogen (secondary N) is 1. The number of carbonyl (C=O) groups excluding carboxylic acids is 1. The molecule has 0 bridgehead atoms. The SMILES string of the molecule is CN(Cc1ccccc1)CC1CC(c2ccc(CO)cc2)OC(c2ccc(-c3cccc(CNC(=O)CCCCCCC(=O)O)c3)cc2)O1. The van der Waals surface area contributed by atoms with E-state index in [4.69, 9.17) is 14.6 Å². The second kappa shape index (κ2) is 18.4. The molecule has 1 fully saturated rings. The minimum atomic E-state index is -0.772. The number of unbranched alkanes of at least 4 members (excludes halogenated alkanes) is 3. The van der Waals surface area contributed by atoms with Gasteiger partial charge in [0.25, 0.3) is 0 Å². The molecule has 1 heterocycles. The van der Waals surface area contributed by atoms with Crippen molar-refractivity contribution in [1.29, 1.82) is 0 Å². The van der Waals surface area contributed by atoms with Gasteiger partial charge in [-0.2, -0.15) is 0 Å². The van der Waals surface area contributed by atoms with Crippen LogP contribution in [0.1, 0.15) is 85.2 Å². The Morgan fingerprint density at radius 1 is 0.755 bits per heavy atom. The molecule has 1 amide bonds. The highest BCUT2D eigenvalue weighted by Gasteiger charge is 2.32. The lowest BCUT2D eigenvalue weighted by Crippen LogP contribution is -2.37. The number of hydrogen-bond acceptors (Lipinski definition) is 6. The van der Waals surface area contributed by atoms with Gasteiger partial charge >= 0.3 is 5.97 Å². The zero-order chi connectivity index (χ0) is 34.4. The predicted octanol–water partition coefficient (Wildman–Crippen LogP) is 7.56. The molecular formula is C41H48N2O6. The Bertz CT molecular complexity index is 1610. The number of aliphatic hydroxyl groups is 1. The number of hydrogen-bond donors (Lipinski definition) is 3. The van der Waals surface area contributed by atoms with Crippen LogP contribution in [0.4, 0.5) is 0 Å². The Hall–Kier alpha value is -4.34. The summed E-state index contributed by atoms with van der Waals surface area (Å²) < 4.78 is 13.2. The first kappa shape index (κ1) is 36.0. The van der Waals surface area contributed by atoms with E-state index in [0.717, 1.165) is 72.2 Å². The Morgan fingerprint density at radius 3 is 2.16 bits per heavy atom. The van der Waals surface area contributed by atoms with E-state index in [1.807, 2.05) is 42.5 Å². The number of nitrogens with zero attached hydrogens (tertiary/aromatic N) is 1. The molecule has 3 atom stereocenters. The summed E-state index contributed by atoms with van der Waals surface area (Å²) in [6.07, 6.45) is 3.72. The average Bonchev–Trinajstić information content (AvgIpc) is 3.12. The number of carbonyl (C=O) groups is 2. The van der Waals surface area contributed by atoms with Gasteiger partial charge in [-0.15, -0.1) is 0 Å². The standard InChI is InChI=1S/C41H48N2O6/c1-43(27-30-10-5-4-6-11-30)28-37-25-38(34-18-16-31(29-44)17-19-34)49-41(48-37)35-22-20-33(21-23-35)36-13-9-12-32(24-36)26-42-39(45)14-7-2-3-8-15-40(46)47/h4-6,9-13,16-24,37-38,41,44H,2-3,7-8,14-15,25-29H2,1H3,(H,42,45)(H,46,47). The number of aliphatic hydroxyl groups excluding tert-OH is 1. The third-order valence-electron chi connectivity index (χ3n) is 8.90. The van der Waals surface area contributed by atoms with Gasteiger partial charge in [0.2, 0.25) is 5.91 Å². The molecule has 0 aromatic heterocycles. The Morgan fingerprint density at radius 2 is 1.45 bits per heavy atom. The summed E-state index contributed by atoms with van der Waals surface area (Å²) in [4.78, 5) is 25.3. The molecule has 0 radical (unpaired) electrons. The van der Waals surface area contributed by atoms with Gasteiger partial charge in [-0.25, -0.2) is 0 Å². The molecule has 8 heteroatoms. The maximum absolute atomic E-state index is 12.4. The smallest absolute Gasteiger partial charge is 0.303 e. The molecule has 1 aliphatic heterocycles. The molecule has 0 aliphatic carbocycles. The van der Waals surface area contributed by atoms with Gasteiger partial charge in [0.05, 0.1) is 18.8 Å². The van der Waals surface area contributed by atoms with E-state index in [1.165, 1.54) is 5.56 Å². The molecule has 49 heavy (non-hydrogen) atoms. The summed E-state index contributed by atoms with van der Waals surface area (Å²) in [7, 11) is 2.12. The van der Waals surface area contributed by atoms with Crippen LogP contribution in [0.2, 0.25) is 0 Å². The number of aliphatic carboxylic acids is 1. The molecule has 3 N–H and O–H groups in total. The van der Waals surface area contributed by atoms with Crippen LogP contribution in [0.3, 0.4) is 0 Å². The highest BCUT2D eigenvalue weighted by Crippen LogP contribution is 2.38. The number of likely N-dealkylation sites (N-methyl/N-ethyl adjacent to an activating group) is 1. The van der Waals surface area contributed by atoms with Gasteiger partial charge in [0, 0.05) is 44.5 Å². The second-order valence-corrected chi connectivity index (χ2v) is 12.9. The highest BCUT2D eigenvalue weighted by molar-refractivity contribution is 5.76. The summed E-state index contributed by atoms with van der Waals surface area (Å²) in [5, 5.41) is 21.3. The fraction of sp³-hybridized carbons (Fsp3) is 0.366. The van der Waals surface area contributed by atoms with E-state index in [0.29, 0.717) is 19.4 Å². The number of amides is 1. The van der Waals surface area contributed by atoms with Crippen molar-refractivity contribution in [2.75, 3.05) is 13.6 Å². The molecule has 0 saturated carbocycles. The van der Waals surface area contributed by atoms with E-state index in [9.17, 15) is 14.7 Å². The highest BCUT2D eigenvalue weighted by atomic mass is 16.7. The average molecular weight is 665 g/mol. The van der Waals surface area contributed by atoms with E-state index in [-0.39, 0.29) is 31.1 Å². The van der Waals surface area contributed by atoms with Crippen LogP contribution in [-0.4, -0.2) is 46.7 Å². The molecule has 8 nitrogen and oxygen atoms in total. The normalized spacial score (nSPS) is 17.6. The molecule has 4 aromatic carbocycles. The van der Waals surface area contributed by atoms with Crippen molar-refractivity contribution in [1.82, 2.24) is 10.2 Å². The molecule has 3 unspecified atom stereocenters. The summed E-state index contributed by atoms with van der Waals surface area (Å²) in [5.41, 5.74) is 7.28. The minimum absolute atomic E-state index is 0.00710. The van der Waals surface area contributed by atoms with E-state index < -0.39 is 12.3 Å². The largest absolute Gasteiger partial charge is 0.481 e. The van der Waals surface area contributed by atoms with Crippen LogP contribution in [-0.2, 0) is 38.8 Å². The van der Waals surface area contributed by atoms with Crippen LogP contribution >= 0.6 is 0 Å². The van der Waals surface area contributed by atoms with Gasteiger partial charge in [0.1, 0.15) is 0 Å². The van der Waals surface area contributed by atoms with Crippen molar-refractivity contribution < 1.29 is 29.3 Å². The number of ether oxygens (including phenoxy) is 2. The first-order valence-corrected chi connectivity index (χ1v) is 17.3. The number of benzene rings is 4. The monoisotopic (exact) mass is 664 g/mol. The van der Waals surface area contributed by atoms with Crippen LogP contribution in [0.5, 0.6) is 0 Å². The molecule has 5 rings (SSSR count). The van der Waals surface area contributed by atoms with Gasteiger partial charge < -0.3 is 25.0 Å². The van der Waals surface area contributed by atoms with Crippen molar-refractivity contribution >= 4 is 11.9 Å². The third-order valence-corrected chi connectivity index (χ3v) is 8.90. The zero-order valence-corrected chi connectivity index (χ0v) is 28.3.